The van der Waals surface area contributed by atoms with Crippen molar-refractivity contribution >= 4 is 17.5 Å². The number of aliphatic hydroxyl groups excluding tert-OH is 1. The first-order valence-corrected chi connectivity index (χ1v) is 5.09. The smallest absolute Gasteiger partial charge is 0.270 e. The number of aliphatic hydroxyl groups is 1. The maximum atomic E-state index is 11.6. The largest absolute Gasteiger partial charge is 0.394 e. The summed E-state index contributed by atoms with van der Waals surface area (Å²) in [7, 11) is 0. The highest BCUT2D eigenvalue weighted by atomic mass is 35.5. The van der Waals surface area contributed by atoms with E-state index in [9.17, 15) is 4.79 Å². The minimum absolute atomic E-state index is 0.0805. The zero-order valence-corrected chi connectivity index (χ0v) is 9.16. The number of rotatable bonds is 4. The highest BCUT2D eigenvalue weighted by molar-refractivity contribution is 6.29. The van der Waals surface area contributed by atoms with Crippen molar-refractivity contribution in [1.29, 1.82) is 0 Å². The van der Waals surface area contributed by atoms with Gasteiger partial charge in [0.1, 0.15) is 10.8 Å². The van der Waals surface area contributed by atoms with E-state index in [-0.39, 0.29) is 29.4 Å². The van der Waals surface area contributed by atoms with Gasteiger partial charge in [0.05, 0.1) is 12.6 Å². The fourth-order valence-electron chi connectivity index (χ4n) is 1.07. The van der Waals surface area contributed by atoms with E-state index in [1.54, 1.807) is 18.2 Å². The van der Waals surface area contributed by atoms with Crippen LogP contribution in [0.3, 0.4) is 0 Å². The first-order valence-electron chi connectivity index (χ1n) is 4.71. The molecule has 0 aliphatic heterocycles. The molecule has 0 aliphatic rings. The molecule has 0 aliphatic carbocycles. The number of hydrogen-bond donors (Lipinski definition) is 2. The van der Waals surface area contributed by atoms with E-state index in [0.29, 0.717) is 6.42 Å². The van der Waals surface area contributed by atoms with Crippen LogP contribution in [0.1, 0.15) is 23.8 Å². The summed E-state index contributed by atoms with van der Waals surface area (Å²) in [5, 5.41) is 11.8. The first-order chi connectivity index (χ1) is 7.17. The highest BCUT2D eigenvalue weighted by Gasteiger charge is 2.12. The van der Waals surface area contributed by atoms with E-state index >= 15 is 0 Å². The van der Waals surface area contributed by atoms with Crippen molar-refractivity contribution in [1.82, 2.24) is 10.3 Å². The molecule has 0 bridgehead atoms. The Kier molecular flexibility index (Phi) is 4.52. The predicted molar refractivity (Wildman–Crippen MR) is 57.9 cm³/mol. The number of aromatic nitrogens is 1. The molecule has 4 nitrogen and oxygen atoms in total. The molecule has 82 valence electrons. The molecule has 0 aromatic carbocycles. The molecule has 1 aromatic heterocycles. The molecule has 0 unspecified atom stereocenters. The molecule has 2 N–H and O–H groups in total. The molecule has 5 heteroatoms. The van der Waals surface area contributed by atoms with Crippen LogP contribution in [0.25, 0.3) is 0 Å². The standard InChI is InChI=1S/C10H13ClN2O2/c1-2-7(6-14)12-10(15)8-4-3-5-9(11)13-8/h3-5,7,14H,2,6H2,1H3,(H,12,15)/t7-/m1/s1. The lowest BCUT2D eigenvalue weighted by Gasteiger charge is -2.13. The summed E-state index contributed by atoms with van der Waals surface area (Å²) in [5.41, 5.74) is 0.259. The highest BCUT2D eigenvalue weighted by Crippen LogP contribution is 2.05. The lowest BCUT2D eigenvalue weighted by molar-refractivity contribution is 0.0910. The molecule has 0 fully saturated rings. The second-order valence-electron chi connectivity index (χ2n) is 3.11. The molecule has 1 atom stereocenters. The molecule has 15 heavy (non-hydrogen) atoms. The van der Waals surface area contributed by atoms with Crippen molar-refractivity contribution in [2.75, 3.05) is 6.61 Å². The monoisotopic (exact) mass is 228 g/mol. The van der Waals surface area contributed by atoms with Gasteiger partial charge in [-0.15, -0.1) is 0 Å². The van der Waals surface area contributed by atoms with Crippen molar-refractivity contribution in [3.05, 3.63) is 29.0 Å². The number of nitrogens with zero attached hydrogens (tertiary/aromatic N) is 1. The van der Waals surface area contributed by atoms with Crippen molar-refractivity contribution < 1.29 is 9.90 Å². The van der Waals surface area contributed by atoms with Gasteiger partial charge in [-0.25, -0.2) is 4.98 Å². The van der Waals surface area contributed by atoms with Crippen molar-refractivity contribution in [3.8, 4) is 0 Å². The van der Waals surface area contributed by atoms with Crippen molar-refractivity contribution in [2.45, 2.75) is 19.4 Å². The third-order valence-electron chi connectivity index (χ3n) is 2.00. The fraction of sp³-hybridized carbons (Fsp3) is 0.400. The van der Waals surface area contributed by atoms with Gasteiger partial charge in [0.2, 0.25) is 0 Å². The van der Waals surface area contributed by atoms with Gasteiger partial charge >= 0.3 is 0 Å². The molecule has 1 amide bonds. The van der Waals surface area contributed by atoms with E-state index < -0.39 is 0 Å². The van der Waals surface area contributed by atoms with Gasteiger partial charge in [-0.1, -0.05) is 24.6 Å². The number of nitrogens with one attached hydrogen (secondary N) is 1. The Bertz CT molecular complexity index is 340. The third kappa shape index (κ3) is 3.49. The minimum atomic E-state index is -0.321. The number of carbonyl (C=O) groups excluding carboxylic acids is 1. The number of halogens is 1. The summed E-state index contributed by atoms with van der Waals surface area (Å²) in [6.45, 7) is 1.80. The molecule has 1 heterocycles. The van der Waals surface area contributed by atoms with Gasteiger partial charge in [-0.2, -0.15) is 0 Å². The second kappa shape index (κ2) is 5.68. The van der Waals surface area contributed by atoms with Crippen LogP contribution in [0.5, 0.6) is 0 Å². The lowest BCUT2D eigenvalue weighted by Crippen LogP contribution is -2.37. The van der Waals surface area contributed by atoms with E-state index in [1.165, 1.54) is 0 Å². The average molecular weight is 229 g/mol. The molecule has 0 saturated heterocycles. The van der Waals surface area contributed by atoms with Crippen LogP contribution < -0.4 is 5.32 Å². The quantitative estimate of drug-likeness (QED) is 0.763. The van der Waals surface area contributed by atoms with Crippen molar-refractivity contribution in [3.63, 3.8) is 0 Å². The summed E-state index contributed by atoms with van der Waals surface area (Å²) in [6, 6.07) is 4.59. The number of amides is 1. The number of hydrogen-bond acceptors (Lipinski definition) is 3. The van der Waals surface area contributed by atoms with Gasteiger partial charge in [-0.3, -0.25) is 4.79 Å². The van der Waals surface area contributed by atoms with Crippen LogP contribution in [0, 0.1) is 0 Å². The zero-order chi connectivity index (χ0) is 11.3. The molecular weight excluding hydrogens is 216 g/mol. The minimum Gasteiger partial charge on any atom is -0.394 e. The Morgan fingerprint density at radius 3 is 2.93 bits per heavy atom. The van der Waals surface area contributed by atoms with Gasteiger partial charge in [0.15, 0.2) is 0 Å². The number of carbonyl (C=O) groups is 1. The lowest BCUT2D eigenvalue weighted by atomic mass is 10.2. The average Bonchev–Trinajstić information content (AvgIpc) is 2.25. The molecule has 1 rings (SSSR count). The van der Waals surface area contributed by atoms with Gasteiger partial charge in [-0.05, 0) is 18.6 Å². The van der Waals surface area contributed by atoms with Gasteiger partial charge in [0.25, 0.3) is 5.91 Å². The van der Waals surface area contributed by atoms with Crippen LogP contribution in [0.4, 0.5) is 0 Å². The van der Waals surface area contributed by atoms with Crippen LogP contribution in [-0.2, 0) is 0 Å². The van der Waals surface area contributed by atoms with Crippen LogP contribution >= 0.6 is 11.6 Å². The van der Waals surface area contributed by atoms with Crippen LogP contribution in [0.15, 0.2) is 18.2 Å². The molecule has 0 spiro atoms. The SMILES string of the molecule is CC[C@H](CO)NC(=O)c1cccc(Cl)n1. The maximum absolute atomic E-state index is 11.6. The van der Waals surface area contributed by atoms with Crippen LogP contribution in [0.2, 0.25) is 5.15 Å². The maximum Gasteiger partial charge on any atom is 0.270 e. The second-order valence-corrected chi connectivity index (χ2v) is 3.49. The Morgan fingerprint density at radius 1 is 1.67 bits per heavy atom. The summed E-state index contributed by atoms with van der Waals surface area (Å²) < 4.78 is 0. The molecular formula is C10H13ClN2O2. The first kappa shape index (κ1) is 11.9. The van der Waals surface area contributed by atoms with E-state index in [0.717, 1.165) is 0 Å². The normalized spacial score (nSPS) is 12.2. The predicted octanol–water partition coefficient (Wildman–Crippen LogP) is 1.24. The zero-order valence-electron chi connectivity index (χ0n) is 8.40. The Hall–Kier alpha value is -1.13. The van der Waals surface area contributed by atoms with E-state index in [4.69, 9.17) is 16.7 Å². The summed E-state index contributed by atoms with van der Waals surface area (Å²) in [6.07, 6.45) is 0.669. The molecule has 0 radical (unpaired) electrons. The van der Waals surface area contributed by atoms with Crippen molar-refractivity contribution in [2.24, 2.45) is 0 Å². The number of pyridine rings is 1. The Morgan fingerprint density at radius 2 is 2.40 bits per heavy atom. The molecule has 0 saturated carbocycles. The molecule has 1 aromatic rings. The Balaban J connectivity index is 2.68. The third-order valence-corrected chi connectivity index (χ3v) is 2.21. The van der Waals surface area contributed by atoms with Crippen LogP contribution in [-0.4, -0.2) is 28.6 Å². The topological polar surface area (TPSA) is 62.2 Å². The Labute approximate surface area is 93.3 Å². The summed E-state index contributed by atoms with van der Waals surface area (Å²) in [5.74, 6) is -0.321. The van der Waals surface area contributed by atoms with Gasteiger partial charge < -0.3 is 10.4 Å². The summed E-state index contributed by atoms with van der Waals surface area (Å²) >= 11 is 5.65. The van der Waals surface area contributed by atoms with E-state index in [1.807, 2.05) is 6.92 Å². The van der Waals surface area contributed by atoms with Gasteiger partial charge in [0, 0.05) is 0 Å². The summed E-state index contributed by atoms with van der Waals surface area (Å²) in [4.78, 5) is 15.4. The fourth-order valence-corrected chi connectivity index (χ4v) is 1.23. The van der Waals surface area contributed by atoms with E-state index in [2.05, 4.69) is 10.3 Å².